The fourth-order valence-corrected chi connectivity index (χ4v) is 2.67. The highest BCUT2D eigenvalue weighted by atomic mass is 16.5. The second-order valence-electron chi connectivity index (χ2n) is 5.43. The minimum absolute atomic E-state index is 0.109. The largest absolute Gasteiger partial charge is 0.497 e. The lowest BCUT2D eigenvalue weighted by molar-refractivity contribution is -0.132. The first-order valence-corrected chi connectivity index (χ1v) is 6.74. The molecule has 0 radical (unpaired) electrons. The molecule has 2 rings (SSSR count). The SMILES string of the molecule is COc1cccc(CC(=O)N2CC(C)CC(N)C2)c1. The zero-order chi connectivity index (χ0) is 13.8. The Kier molecular flexibility index (Phi) is 4.43. The smallest absolute Gasteiger partial charge is 0.227 e. The number of rotatable bonds is 3. The van der Waals surface area contributed by atoms with Crippen LogP contribution in [0.2, 0.25) is 0 Å². The minimum atomic E-state index is 0.109. The number of carbonyl (C=O) groups is 1. The predicted octanol–water partition coefficient (Wildman–Crippen LogP) is 1.43. The van der Waals surface area contributed by atoms with Gasteiger partial charge in [0.25, 0.3) is 0 Å². The van der Waals surface area contributed by atoms with Crippen molar-refractivity contribution < 1.29 is 9.53 Å². The van der Waals surface area contributed by atoms with Crippen LogP contribution in [-0.2, 0) is 11.2 Å². The average molecular weight is 262 g/mol. The van der Waals surface area contributed by atoms with Crippen molar-refractivity contribution in [2.45, 2.75) is 25.8 Å². The van der Waals surface area contributed by atoms with Gasteiger partial charge in [-0.1, -0.05) is 19.1 Å². The third kappa shape index (κ3) is 3.70. The van der Waals surface area contributed by atoms with Gasteiger partial charge >= 0.3 is 0 Å². The topological polar surface area (TPSA) is 55.6 Å². The van der Waals surface area contributed by atoms with Crippen LogP contribution in [-0.4, -0.2) is 37.0 Å². The number of nitrogens with two attached hydrogens (primary N) is 1. The first-order valence-electron chi connectivity index (χ1n) is 6.74. The number of methoxy groups -OCH3 is 1. The molecule has 1 fully saturated rings. The Labute approximate surface area is 114 Å². The van der Waals surface area contributed by atoms with Crippen LogP contribution in [0.4, 0.5) is 0 Å². The van der Waals surface area contributed by atoms with E-state index in [1.807, 2.05) is 29.2 Å². The maximum absolute atomic E-state index is 12.3. The number of piperidine rings is 1. The van der Waals surface area contributed by atoms with Crippen molar-refractivity contribution in [3.8, 4) is 5.75 Å². The average Bonchev–Trinajstić information content (AvgIpc) is 2.37. The Bertz CT molecular complexity index is 438. The predicted molar refractivity (Wildman–Crippen MR) is 75.0 cm³/mol. The summed E-state index contributed by atoms with van der Waals surface area (Å²) < 4.78 is 5.17. The lowest BCUT2D eigenvalue weighted by atomic mass is 9.96. The highest BCUT2D eigenvalue weighted by Gasteiger charge is 2.25. The third-order valence-corrected chi connectivity index (χ3v) is 3.53. The van der Waals surface area contributed by atoms with Crippen LogP contribution in [0, 0.1) is 5.92 Å². The van der Waals surface area contributed by atoms with E-state index in [9.17, 15) is 4.79 Å². The summed E-state index contributed by atoms with van der Waals surface area (Å²) in [7, 11) is 1.63. The van der Waals surface area contributed by atoms with Crippen LogP contribution < -0.4 is 10.5 Å². The van der Waals surface area contributed by atoms with Crippen LogP contribution in [0.25, 0.3) is 0 Å². The summed E-state index contributed by atoms with van der Waals surface area (Å²) in [6.07, 6.45) is 1.42. The Morgan fingerprint density at radius 2 is 2.26 bits per heavy atom. The highest BCUT2D eigenvalue weighted by molar-refractivity contribution is 5.79. The fraction of sp³-hybridized carbons (Fsp3) is 0.533. The van der Waals surface area contributed by atoms with Crippen molar-refractivity contribution >= 4 is 5.91 Å². The molecule has 2 N–H and O–H groups in total. The molecule has 1 heterocycles. The van der Waals surface area contributed by atoms with Crippen molar-refractivity contribution in [3.05, 3.63) is 29.8 Å². The number of benzene rings is 1. The fourth-order valence-electron chi connectivity index (χ4n) is 2.67. The Morgan fingerprint density at radius 3 is 2.95 bits per heavy atom. The lowest BCUT2D eigenvalue weighted by Crippen LogP contribution is -2.49. The van der Waals surface area contributed by atoms with Gasteiger partial charge in [0.05, 0.1) is 13.5 Å². The molecule has 0 bridgehead atoms. The molecule has 0 aliphatic carbocycles. The molecular weight excluding hydrogens is 240 g/mol. The van der Waals surface area contributed by atoms with Crippen LogP contribution in [0.1, 0.15) is 18.9 Å². The highest BCUT2D eigenvalue weighted by Crippen LogP contribution is 2.18. The molecule has 104 valence electrons. The number of amides is 1. The van der Waals surface area contributed by atoms with Gasteiger partial charge in [0.15, 0.2) is 0 Å². The summed E-state index contributed by atoms with van der Waals surface area (Å²) in [5.41, 5.74) is 6.96. The molecule has 1 aliphatic rings. The molecular formula is C15H22N2O2. The van der Waals surface area contributed by atoms with Crippen molar-refractivity contribution in [2.75, 3.05) is 20.2 Å². The molecule has 4 heteroatoms. The normalized spacial score (nSPS) is 23.2. The van der Waals surface area contributed by atoms with Crippen molar-refractivity contribution in [2.24, 2.45) is 11.7 Å². The molecule has 0 saturated carbocycles. The molecule has 0 aromatic heterocycles. The van der Waals surface area contributed by atoms with E-state index >= 15 is 0 Å². The van der Waals surface area contributed by atoms with Gasteiger partial charge in [-0.25, -0.2) is 0 Å². The molecule has 2 unspecified atom stereocenters. The molecule has 1 aromatic carbocycles. The van der Waals surface area contributed by atoms with Gasteiger partial charge in [-0.05, 0) is 30.0 Å². The summed E-state index contributed by atoms with van der Waals surface area (Å²) in [6, 6.07) is 7.76. The van der Waals surface area contributed by atoms with E-state index in [-0.39, 0.29) is 11.9 Å². The minimum Gasteiger partial charge on any atom is -0.497 e. The lowest BCUT2D eigenvalue weighted by Gasteiger charge is -2.34. The molecule has 1 aromatic rings. The molecule has 2 atom stereocenters. The number of nitrogens with zero attached hydrogens (tertiary/aromatic N) is 1. The number of hydrogen-bond acceptors (Lipinski definition) is 3. The van der Waals surface area contributed by atoms with Gasteiger partial charge in [0.1, 0.15) is 5.75 Å². The van der Waals surface area contributed by atoms with Crippen LogP contribution >= 0.6 is 0 Å². The van der Waals surface area contributed by atoms with E-state index in [1.54, 1.807) is 7.11 Å². The maximum atomic E-state index is 12.3. The summed E-state index contributed by atoms with van der Waals surface area (Å²) in [6.45, 7) is 3.63. The molecule has 19 heavy (non-hydrogen) atoms. The summed E-state index contributed by atoms with van der Waals surface area (Å²) >= 11 is 0. The van der Waals surface area contributed by atoms with Crippen molar-refractivity contribution in [1.82, 2.24) is 4.90 Å². The molecule has 1 amide bonds. The van der Waals surface area contributed by atoms with Gasteiger partial charge in [-0.3, -0.25) is 4.79 Å². The van der Waals surface area contributed by atoms with Gasteiger partial charge in [-0.2, -0.15) is 0 Å². The van der Waals surface area contributed by atoms with Crippen LogP contribution in [0.3, 0.4) is 0 Å². The standard InChI is InChI=1S/C15H22N2O2/c1-11-6-13(16)10-17(9-11)15(18)8-12-4-3-5-14(7-12)19-2/h3-5,7,11,13H,6,8-10,16H2,1-2H3. The Morgan fingerprint density at radius 1 is 1.47 bits per heavy atom. The number of likely N-dealkylation sites (tertiary alicyclic amines) is 1. The molecule has 4 nitrogen and oxygen atoms in total. The van der Waals surface area contributed by atoms with Crippen molar-refractivity contribution in [3.63, 3.8) is 0 Å². The summed E-state index contributed by atoms with van der Waals surface area (Å²) in [4.78, 5) is 14.2. The van der Waals surface area contributed by atoms with Gasteiger partial charge in [-0.15, -0.1) is 0 Å². The van der Waals surface area contributed by atoms with E-state index in [0.29, 0.717) is 18.9 Å². The van der Waals surface area contributed by atoms with E-state index in [0.717, 1.165) is 24.3 Å². The van der Waals surface area contributed by atoms with E-state index in [4.69, 9.17) is 10.5 Å². The Balaban J connectivity index is 2.00. The third-order valence-electron chi connectivity index (χ3n) is 3.53. The molecule has 0 spiro atoms. The zero-order valence-corrected chi connectivity index (χ0v) is 11.6. The summed E-state index contributed by atoms with van der Waals surface area (Å²) in [5, 5.41) is 0. The maximum Gasteiger partial charge on any atom is 0.227 e. The monoisotopic (exact) mass is 262 g/mol. The van der Waals surface area contributed by atoms with E-state index in [1.165, 1.54) is 0 Å². The number of hydrogen-bond donors (Lipinski definition) is 1. The van der Waals surface area contributed by atoms with E-state index in [2.05, 4.69) is 6.92 Å². The van der Waals surface area contributed by atoms with Crippen LogP contribution in [0.15, 0.2) is 24.3 Å². The zero-order valence-electron chi connectivity index (χ0n) is 11.6. The van der Waals surface area contributed by atoms with Crippen molar-refractivity contribution in [1.29, 1.82) is 0 Å². The van der Waals surface area contributed by atoms with Gasteiger partial charge in [0, 0.05) is 19.1 Å². The van der Waals surface area contributed by atoms with E-state index < -0.39 is 0 Å². The van der Waals surface area contributed by atoms with Gasteiger partial charge in [0.2, 0.25) is 5.91 Å². The second kappa shape index (κ2) is 6.06. The first kappa shape index (κ1) is 13.9. The number of ether oxygens (including phenoxy) is 1. The van der Waals surface area contributed by atoms with Crippen LogP contribution in [0.5, 0.6) is 5.75 Å². The first-order chi connectivity index (χ1) is 9.08. The second-order valence-corrected chi connectivity index (χ2v) is 5.43. The Hall–Kier alpha value is -1.55. The summed E-state index contributed by atoms with van der Waals surface area (Å²) in [5.74, 6) is 1.42. The quantitative estimate of drug-likeness (QED) is 0.896. The molecule has 1 aliphatic heterocycles. The molecule has 1 saturated heterocycles. The van der Waals surface area contributed by atoms with Gasteiger partial charge < -0.3 is 15.4 Å². The number of carbonyl (C=O) groups excluding carboxylic acids is 1.